The monoisotopic (exact) mass is 429 g/mol. The maximum atomic E-state index is 11.8. The molecule has 0 heterocycles. The first-order valence-electron chi connectivity index (χ1n) is 9.07. The predicted octanol–water partition coefficient (Wildman–Crippen LogP) is 4.74. The molecule has 0 aromatic heterocycles. The topological polar surface area (TPSA) is 166 Å². The number of benzene rings is 3. The Morgan fingerprint density at radius 3 is 2.03 bits per heavy atom. The smallest absolute Gasteiger partial charge is 0.258 e. The van der Waals surface area contributed by atoms with Crippen molar-refractivity contribution < 1.29 is 14.8 Å². The molecule has 0 unspecified atom stereocenters. The fourth-order valence-corrected chi connectivity index (χ4v) is 3.72. The molecular weight excluding hydrogens is 418 g/mol. The number of aliphatic imine (C=N–C) groups is 1. The number of nitriles is 1. The van der Waals surface area contributed by atoms with Crippen LogP contribution in [0.3, 0.4) is 0 Å². The molecule has 11 nitrogen and oxygen atoms in total. The van der Waals surface area contributed by atoms with E-state index >= 15 is 0 Å². The summed E-state index contributed by atoms with van der Waals surface area (Å²) in [6, 6.07) is 13.0. The third-order valence-corrected chi connectivity index (χ3v) is 4.99. The highest BCUT2D eigenvalue weighted by molar-refractivity contribution is 6.28. The van der Waals surface area contributed by atoms with Crippen molar-refractivity contribution in [2.75, 3.05) is 0 Å². The molecule has 0 radical (unpaired) electrons. The van der Waals surface area contributed by atoms with E-state index in [1.54, 1.807) is 31.2 Å². The van der Waals surface area contributed by atoms with E-state index in [2.05, 4.69) is 4.99 Å². The first-order chi connectivity index (χ1) is 15.2. The van der Waals surface area contributed by atoms with Crippen molar-refractivity contribution in [3.63, 3.8) is 0 Å². The first-order valence-corrected chi connectivity index (χ1v) is 9.07. The van der Waals surface area contributed by atoms with E-state index < -0.39 is 26.1 Å². The van der Waals surface area contributed by atoms with Crippen LogP contribution in [0.5, 0.6) is 0 Å². The van der Waals surface area contributed by atoms with Crippen LogP contribution in [0.25, 0.3) is 11.1 Å². The summed E-state index contributed by atoms with van der Waals surface area (Å²) >= 11 is 0. The standard InChI is InChI=1S/C21H11N5O6/c1-11-6-14-19(17(7-11)25(29)30)20-15(8-13(24(27)28)9-18(20)26(31)32)21(14)23-16-5-3-2-4-12(16)10-22/h2-9H,1H3. The van der Waals surface area contributed by atoms with Crippen molar-refractivity contribution in [2.24, 2.45) is 4.99 Å². The Bertz CT molecular complexity index is 1440. The number of rotatable bonds is 4. The second-order valence-electron chi connectivity index (χ2n) is 6.95. The zero-order valence-electron chi connectivity index (χ0n) is 16.3. The molecule has 11 heteroatoms. The summed E-state index contributed by atoms with van der Waals surface area (Å²) in [6.45, 7) is 1.62. The summed E-state index contributed by atoms with van der Waals surface area (Å²) in [4.78, 5) is 37.2. The lowest BCUT2D eigenvalue weighted by molar-refractivity contribution is -0.394. The Hall–Kier alpha value is -4.98. The van der Waals surface area contributed by atoms with Gasteiger partial charge in [0.2, 0.25) is 0 Å². The Morgan fingerprint density at radius 2 is 1.44 bits per heavy atom. The van der Waals surface area contributed by atoms with Gasteiger partial charge in [0, 0.05) is 23.3 Å². The van der Waals surface area contributed by atoms with E-state index in [0.29, 0.717) is 5.56 Å². The van der Waals surface area contributed by atoms with Gasteiger partial charge in [0.15, 0.2) is 0 Å². The Kier molecular flexibility index (Phi) is 4.67. The number of fused-ring (bicyclic) bond motifs is 3. The Labute approximate surface area is 179 Å². The SMILES string of the molecule is Cc1cc2c(c([N+](=O)[O-])c1)-c1c(cc([N+](=O)[O-])cc1[N+](=O)[O-])C2=Nc1ccccc1C#N. The highest BCUT2D eigenvalue weighted by Crippen LogP contribution is 2.49. The average Bonchev–Trinajstić information content (AvgIpc) is 3.05. The summed E-state index contributed by atoms with van der Waals surface area (Å²) in [5.41, 5.74) is -0.467. The van der Waals surface area contributed by atoms with Crippen molar-refractivity contribution in [1.29, 1.82) is 5.26 Å². The lowest BCUT2D eigenvalue weighted by Gasteiger charge is -2.05. The van der Waals surface area contributed by atoms with E-state index in [4.69, 9.17) is 0 Å². The fourth-order valence-electron chi connectivity index (χ4n) is 3.72. The summed E-state index contributed by atoms with van der Waals surface area (Å²) in [5, 5.41) is 44.4. The van der Waals surface area contributed by atoms with Crippen LogP contribution in [0.15, 0.2) is 53.5 Å². The fraction of sp³-hybridized carbons (Fsp3) is 0.0476. The normalized spacial score (nSPS) is 12.7. The minimum atomic E-state index is -0.814. The van der Waals surface area contributed by atoms with Crippen LogP contribution >= 0.6 is 0 Å². The van der Waals surface area contributed by atoms with E-state index in [-0.39, 0.29) is 44.9 Å². The average molecular weight is 429 g/mol. The van der Waals surface area contributed by atoms with Crippen LogP contribution in [0.1, 0.15) is 22.3 Å². The molecule has 0 saturated carbocycles. The van der Waals surface area contributed by atoms with Crippen molar-refractivity contribution in [1.82, 2.24) is 0 Å². The number of para-hydroxylation sites is 1. The number of hydrogen-bond donors (Lipinski definition) is 0. The summed E-state index contributed by atoms with van der Waals surface area (Å²) in [5.74, 6) is 0. The number of hydrogen-bond acceptors (Lipinski definition) is 8. The van der Waals surface area contributed by atoms with Gasteiger partial charge in [-0.05, 0) is 30.7 Å². The van der Waals surface area contributed by atoms with E-state index in [0.717, 1.165) is 12.1 Å². The van der Waals surface area contributed by atoms with E-state index in [9.17, 15) is 35.6 Å². The molecule has 32 heavy (non-hydrogen) atoms. The molecule has 0 aliphatic heterocycles. The molecule has 1 aliphatic rings. The molecule has 0 N–H and O–H groups in total. The quantitative estimate of drug-likeness (QED) is 0.333. The number of nitrogens with zero attached hydrogens (tertiary/aromatic N) is 5. The predicted molar refractivity (Wildman–Crippen MR) is 113 cm³/mol. The lowest BCUT2D eigenvalue weighted by Crippen LogP contribution is -2.01. The Balaban J connectivity index is 2.19. The molecule has 156 valence electrons. The molecule has 0 saturated heterocycles. The van der Waals surface area contributed by atoms with Gasteiger partial charge in [-0.3, -0.25) is 30.3 Å². The van der Waals surface area contributed by atoms with Crippen LogP contribution in [0.2, 0.25) is 0 Å². The van der Waals surface area contributed by atoms with Gasteiger partial charge in [0.25, 0.3) is 17.1 Å². The summed E-state index contributed by atoms with van der Waals surface area (Å²) < 4.78 is 0. The number of aryl methyl sites for hydroxylation is 1. The van der Waals surface area contributed by atoms with Gasteiger partial charge in [0.05, 0.1) is 48.9 Å². The molecule has 3 aromatic rings. The molecule has 0 spiro atoms. The highest BCUT2D eigenvalue weighted by Gasteiger charge is 2.39. The van der Waals surface area contributed by atoms with Gasteiger partial charge in [-0.1, -0.05) is 12.1 Å². The molecule has 3 aromatic carbocycles. The van der Waals surface area contributed by atoms with Gasteiger partial charge < -0.3 is 0 Å². The third-order valence-electron chi connectivity index (χ3n) is 4.99. The molecule has 0 fully saturated rings. The molecule has 0 atom stereocenters. The van der Waals surface area contributed by atoms with Crippen LogP contribution in [0, 0.1) is 48.6 Å². The number of nitro groups is 3. The second-order valence-corrected chi connectivity index (χ2v) is 6.95. The molecule has 0 amide bonds. The molecule has 1 aliphatic carbocycles. The van der Waals surface area contributed by atoms with Crippen LogP contribution in [-0.4, -0.2) is 20.5 Å². The van der Waals surface area contributed by atoms with Gasteiger partial charge in [-0.2, -0.15) is 5.26 Å². The Morgan fingerprint density at radius 1 is 0.844 bits per heavy atom. The molecular formula is C21H11N5O6. The largest absolute Gasteiger partial charge is 0.285 e. The number of non-ortho nitro benzene ring substituents is 1. The van der Waals surface area contributed by atoms with Crippen LogP contribution < -0.4 is 0 Å². The minimum Gasteiger partial charge on any atom is -0.258 e. The molecule has 0 bridgehead atoms. The lowest BCUT2D eigenvalue weighted by atomic mass is 10.00. The summed E-state index contributed by atoms with van der Waals surface area (Å²) in [6.07, 6.45) is 0. The highest BCUT2D eigenvalue weighted by atomic mass is 16.6. The minimum absolute atomic E-state index is 0.0161. The summed E-state index contributed by atoms with van der Waals surface area (Å²) in [7, 11) is 0. The first kappa shape index (κ1) is 20.3. The number of nitro benzene ring substituents is 3. The van der Waals surface area contributed by atoms with Gasteiger partial charge in [-0.15, -0.1) is 0 Å². The second kappa shape index (κ2) is 7.37. The molecule has 4 rings (SSSR count). The van der Waals surface area contributed by atoms with E-state index in [1.165, 1.54) is 12.1 Å². The van der Waals surface area contributed by atoms with Crippen molar-refractivity contribution in [3.8, 4) is 17.2 Å². The van der Waals surface area contributed by atoms with Gasteiger partial charge >= 0.3 is 0 Å². The van der Waals surface area contributed by atoms with Crippen LogP contribution in [-0.2, 0) is 0 Å². The maximum Gasteiger partial charge on any atom is 0.285 e. The van der Waals surface area contributed by atoms with Crippen molar-refractivity contribution in [2.45, 2.75) is 6.92 Å². The zero-order chi connectivity index (χ0) is 23.2. The van der Waals surface area contributed by atoms with E-state index in [1.807, 2.05) is 6.07 Å². The van der Waals surface area contributed by atoms with Crippen LogP contribution in [0.4, 0.5) is 22.7 Å². The maximum absolute atomic E-state index is 11.8. The zero-order valence-corrected chi connectivity index (χ0v) is 16.3. The van der Waals surface area contributed by atoms with Gasteiger partial charge in [-0.25, -0.2) is 4.99 Å². The van der Waals surface area contributed by atoms with Crippen molar-refractivity contribution >= 4 is 28.5 Å². The third kappa shape index (κ3) is 3.12. The van der Waals surface area contributed by atoms with Gasteiger partial charge in [0.1, 0.15) is 6.07 Å². The van der Waals surface area contributed by atoms with Crippen molar-refractivity contribution in [3.05, 3.63) is 101 Å².